The van der Waals surface area contributed by atoms with Crippen molar-refractivity contribution in [1.29, 1.82) is 0 Å². The van der Waals surface area contributed by atoms with E-state index in [0.29, 0.717) is 18.4 Å². The van der Waals surface area contributed by atoms with Crippen molar-refractivity contribution < 1.29 is 23.1 Å². The summed E-state index contributed by atoms with van der Waals surface area (Å²) in [5.74, 6) is 0.0332. The Morgan fingerprint density at radius 2 is 1.77 bits per heavy atom. The van der Waals surface area contributed by atoms with Gasteiger partial charge < -0.3 is 5.11 Å². The Morgan fingerprint density at radius 1 is 1.18 bits per heavy atom. The van der Waals surface area contributed by atoms with Gasteiger partial charge in [0.1, 0.15) is 0 Å². The second-order valence-electron chi connectivity index (χ2n) is 6.63. The highest BCUT2D eigenvalue weighted by molar-refractivity contribution is 5.91. The van der Waals surface area contributed by atoms with Crippen LogP contribution in [-0.2, 0) is 11.0 Å². The summed E-state index contributed by atoms with van der Waals surface area (Å²) in [5.41, 5.74) is 0.385. The first-order valence-electron chi connectivity index (χ1n) is 7.14. The molecule has 0 saturated heterocycles. The number of ketones is 1. The number of hydrogen-bond donors (Lipinski definition) is 1. The van der Waals surface area contributed by atoms with Crippen molar-refractivity contribution in [2.24, 2.45) is 5.41 Å². The second-order valence-corrected chi connectivity index (χ2v) is 6.63. The lowest BCUT2D eigenvalue weighted by Gasteiger charge is -2.29. The van der Waals surface area contributed by atoms with E-state index in [0.717, 1.165) is 17.7 Å². The zero-order chi connectivity index (χ0) is 16.5. The number of halogens is 3. The third kappa shape index (κ3) is 4.19. The average Bonchev–Trinajstić information content (AvgIpc) is 2.35. The van der Waals surface area contributed by atoms with Crippen LogP contribution in [0.5, 0.6) is 0 Å². The molecule has 1 N–H and O–H groups in total. The number of aliphatic hydroxyl groups is 1. The molecule has 0 radical (unpaired) electrons. The second kappa shape index (κ2) is 5.88. The standard InChI is InChI=1S/C17H19F3O2/c1-16(2)9-11(7-14(21)10-16)8-15(22)12-3-5-13(6-4-12)17(18,19)20/h3-7,15,22H,8-10H2,1-2H3. The van der Waals surface area contributed by atoms with Crippen LogP contribution in [0.4, 0.5) is 13.2 Å². The molecule has 1 aromatic carbocycles. The monoisotopic (exact) mass is 312 g/mol. The molecule has 0 aromatic heterocycles. The Morgan fingerprint density at radius 3 is 2.27 bits per heavy atom. The minimum absolute atomic E-state index is 0.0332. The van der Waals surface area contributed by atoms with E-state index in [2.05, 4.69) is 0 Å². The van der Waals surface area contributed by atoms with Crippen molar-refractivity contribution in [3.63, 3.8) is 0 Å². The van der Waals surface area contributed by atoms with Gasteiger partial charge in [0.15, 0.2) is 5.78 Å². The molecular weight excluding hydrogens is 293 g/mol. The fourth-order valence-electron chi connectivity index (χ4n) is 2.87. The third-order valence-corrected chi connectivity index (χ3v) is 3.80. The van der Waals surface area contributed by atoms with Crippen molar-refractivity contribution in [3.8, 4) is 0 Å². The largest absolute Gasteiger partial charge is 0.416 e. The van der Waals surface area contributed by atoms with E-state index < -0.39 is 17.8 Å². The summed E-state index contributed by atoms with van der Waals surface area (Å²) in [7, 11) is 0. The molecule has 0 bridgehead atoms. The third-order valence-electron chi connectivity index (χ3n) is 3.80. The summed E-state index contributed by atoms with van der Waals surface area (Å²) >= 11 is 0. The zero-order valence-electron chi connectivity index (χ0n) is 12.6. The number of allylic oxidation sites excluding steroid dienone is 1. The van der Waals surface area contributed by atoms with Crippen molar-refractivity contribution >= 4 is 5.78 Å². The van der Waals surface area contributed by atoms with Gasteiger partial charge >= 0.3 is 6.18 Å². The molecule has 0 spiro atoms. The number of hydrogen-bond acceptors (Lipinski definition) is 2. The van der Waals surface area contributed by atoms with Crippen LogP contribution in [0.2, 0.25) is 0 Å². The number of aliphatic hydroxyl groups excluding tert-OH is 1. The van der Waals surface area contributed by atoms with Gasteiger partial charge in [-0.25, -0.2) is 0 Å². The number of rotatable bonds is 3. The lowest BCUT2D eigenvalue weighted by molar-refractivity contribution is -0.137. The summed E-state index contributed by atoms with van der Waals surface area (Å²) in [5, 5.41) is 10.2. The van der Waals surface area contributed by atoms with E-state index >= 15 is 0 Å². The molecule has 22 heavy (non-hydrogen) atoms. The number of carbonyl (C=O) groups is 1. The smallest absolute Gasteiger partial charge is 0.388 e. The molecule has 0 saturated carbocycles. The van der Waals surface area contributed by atoms with Gasteiger partial charge in [0.25, 0.3) is 0 Å². The van der Waals surface area contributed by atoms with Gasteiger partial charge in [0.05, 0.1) is 11.7 Å². The Hall–Kier alpha value is -1.62. The van der Waals surface area contributed by atoms with E-state index in [-0.39, 0.29) is 17.6 Å². The first kappa shape index (κ1) is 16.7. The highest BCUT2D eigenvalue weighted by Gasteiger charge is 2.31. The molecule has 0 amide bonds. The van der Waals surface area contributed by atoms with E-state index in [1.165, 1.54) is 12.1 Å². The van der Waals surface area contributed by atoms with Gasteiger partial charge in [-0.2, -0.15) is 13.2 Å². The summed E-state index contributed by atoms with van der Waals surface area (Å²) < 4.78 is 37.5. The number of benzene rings is 1. The summed E-state index contributed by atoms with van der Waals surface area (Å²) in [4.78, 5) is 11.7. The Labute approximate surface area is 127 Å². The Balaban J connectivity index is 2.09. The van der Waals surface area contributed by atoms with E-state index in [1.807, 2.05) is 13.8 Å². The van der Waals surface area contributed by atoms with Crippen LogP contribution in [0.15, 0.2) is 35.9 Å². The normalized spacial score (nSPS) is 19.7. The Kier molecular flexibility index (Phi) is 4.47. The van der Waals surface area contributed by atoms with Crippen molar-refractivity contribution in [3.05, 3.63) is 47.0 Å². The van der Waals surface area contributed by atoms with Gasteiger partial charge in [-0.15, -0.1) is 0 Å². The fourth-order valence-corrected chi connectivity index (χ4v) is 2.87. The van der Waals surface area contributed by atoms with Crippen LogP contribution < -0.4 is 0 Å². The molecule has 1 atom stereocenters. The topological polar surface area (TPSA) is 37.3 Å². The molecule has 5 heteroatoms. The first-order valence-corrected chi connectivity index (χ1v) is 7.14. The highest BCUT2D eigenvalue weighted by Crippen LogP contribution is 2.37. The van der Waals surface area contributed by atoms with E-state index in [1.54, 1.807) is 6.08 Å². The van der Waals surface area contributed by atoms with Gasteiger partial charge in [0, 0.05) is 6.42 Å². The van der Waals surface area contributed by atoms with Crippen LogP contribution in [0.1, 0.15) is 50.3 Å². The molecule has 0 aliphatic heterocycles. The van der Waals surface area contributed by atoms with Crippen LogP contribution in [-0.4, -0.2) is 10.9 Å². The fraction of sp³-hybridized carbons (Fsp3) is 0.471. The lowest BCUT2D eigenvalue weighted by Crippen LogP contribution is -2.22. The number of carbonyl (C=O) groups excluding carboxylic acids is 1. The molecule has 2 nitrogen and oxygen atoms in total. The summed E-state index contributed by atoms with van der Waals surface area (Å²) in [6.07, 6.45) is -2.29. The van der Waals surface area contributed by atoms with E-state index in [9.17, 15) is 23.1 Å². The summed E-state index contributed by atoms with van der Waals surface area (Å²) in [6, 6.07) is 4.49. The molecule has 1 aliphatic rings. The molecule has 0 fully saturated rings. The van der Waals surface area contributed by atoms with E-state index in [4.69, 9.17) is 0 Å². The highest BCUT2D eigenvalue weighted by atomic mass is 19.4. The molecule has 2 rings (SSSR count). The molecule has 120 valence electrons. The minimum atomic E-state index is -4.38. The van der Waals surface area contributed by atoms with Gasteiger partial charge in [-0.05, 0) is 42.0 Å². The Bertz CT molecular complexity index is 583. The van der Waals surface area contributed by atoms with Crippen molar-refractivity contribution in [2.75, 3.05) is 0 Å². The van der Waals surface area contributed by atoms with Crippen molar-refractivity contribution in [1.82, 2.24) is 0 Å². The van der Waals surface area contributed by atoms with Crippen LogP contribution in [0.25, 0.3) is 0 Å². The predicted molar refractivity (Wildman–Crippen MR) is 77.1 cm³/mol. The zero-order valence-corrected chi connectivity index (χ0v) is 12.6. The maximum absolute atomic E-state index is 12.5. The molecular formula is C17H19F3O2. The van der Waals surface area contributed by atoms with Crippen molar-refractivity contribution in [2.45, 2.75) is 45.4 Å². The van der Waals surface area contributed by atoms with Gasteiger partial charge in [0.2, 0.25) is 0 Å². The first-order chi connectivity index (χ1) is 10.1. The predicted octanol–water partition coefficient (Wildman–Crippen LogP) is 4.44. The molecule has 1 aromatic rings. The SMILES string of the molecule is CC1(C)CC(=O)C=C(CC(O)c2ccc(C(F)(F)F)cc2)C1. The number of alkyl halides is 3. The quantitative estimate of drug-likeness (QED) is 0.895. The van der Waals surface area contributed by atoms with Crippen LogP contribution >= 0.6 is 0 Å². The lowest BCUT2D eigenvalue weighted by atomic mass is 9.75. The van der Waals surface area contributed by atoms with Gasteiger partial charge in [-0.1, -0.05) is 31.6 Å². The maximum atomic E-state index is 12.5. The van der Waals surface area contributed by atoms with Gasteiger partial charge in [-0.3, -0.25) is 4.79 Å². The minimum Gasteiger partial charge on any atom is -0.388 e. The van der Waals surface area contributed by atoms with Crippen LogP contribution in [0.3, 0.4) is 0 Å². The average molecular weight is 312 g/mol. The maximum Gasteiger partial charge on any atom is 0.416 e. The molecule has 1 unspecified atom stereocenters. The summed E-state index contributed by atoms with van der Waals surface area (Å²) in [6.45, 7) is 3.98. The van der Waals surface area contributed by atoms with Crippen LogP contribution in [0, 0.1) is 5.41 Å². The molecule has 0 heterocycles. The molecule has 1 aliphatic carbocycles.